The summed E-state index contributed by atoms with van der Waals surface area (Å²) in [5.74, 6) is 1.73. The number of carbonyl (C=O) groups is 2. The fraction of sp³-hybridized carbons (Fsp3) is 0.333. The first kappa shape index (κ1) is 28.6. The van der Waals surface area contributed by atoms with Gasteiger partial charge in [0, 0.05) is 30.3 Å². The second kappa shape index (κ2) is 14.7. The van der Waals surface area contributed by atoms with Gasteiger partial charge in [0.15, 0.2) is 0 Å². The minimum Gasteiger partial charge on any atom is -0.497 e. The van der Waals surface area contributed by atoms with Crippen molar-refractivity contribution in [1.82, 2.24) is 10.2 Å². The zero-order valence-corrected chi connectivity index (χ0v) is 23.2. The number of nitrogens with one attached hydrogen (secondary N) is 1. The van der Waals surface area contributed by atoms with E-state index in [1.165, 1.54) is 11.8 Å². The molecule has 0 saturated heterocycles. The average molecular weight is 539 g/mol. The van der Waals surface area contributed by atoms with Crippen molar-refractivity contribution in [3.63, 3.8) is 0 Å². The number of halogens is 1. The predicted octanol–water partition coefficient (Wildman–Crippen LogP) is 5.99. The third-order valence-electron chi connectivity index (χ3n) is 5.85. The molecule has 3 aromatic carbocycles. The lowest BCUT2D eigenvalue weighted by molar-refractivity contribution is -0.139. The minimum atomic E-state index is -0.643. The van der Waals surface area contributed by atoms with E-state index in [4.69, 9.17) is 16.3 Å². The highest BCUT2D eigenvalue weighted by atomic mass is 35.5. The summed E-state index contributed by atoms with van der Waals surface area (Å²) in [6.45, 7) is 4.97. The van der Waals surface area contributed by atoms with Gasteiger partial charge >= 0.3 is 0 Å². The molecule has 1 N–H and O–H groups in total. The number of ether oxygens (including phenoxy) is 1. The number of carbonyl (C=O) groups excluding carboxylic acids is 2. The van der Waals surface area contributed by atoms with Crippen LogP contribution in [0.25, 0.3) is 0 Å². The van der Waals surface area contributed by atoms with Crippen LogP contribution in [0.3, 0.4) is 0 Å². The zero-order chi connectivity index (χ0) is 26.6. The van der Waals surface area contributed by atoms with E-state index in [0.717, 1.165) is 16.7 Å². The van der Waals surface area contributed by atoms with Crippen LogP contribution in [0.4, 0.5) is 0 Å². The van der Waals surface area contributed by atoms with E-state index in [1.807, 2.05) is 78.9 Å². The number of hydrogen-bond donors (Lipinski definition) is 1. The van der Waals surface area contributed by atoms with Gasteiger partial charge < -0.3 is 15.0 Å². The van der Waals surface area contributed by atoms with E-state index in [-0.39, 0.29) is 17.6 Å². The quantitative estimate of drug-likeness (QED) is 0.290. The fourth-order valence-corrected chi connectivity index (χ4v) is 4.86. The Kier molecular flexibility index (Phi) is 11.4. The van der Waals surface area contributed by atoms with E-state index in [0.29, 0.717) is 42.0 Å². The van der Waals surface area contributed by atoms with E-state index in [2.05, 4.69) is 19.2 Å². The van der Waals surface area contributed by atoms with Gasteiger partial charge in [-0.05, 0) is 46.9 Å². The summed E-state index contributed by atoms with van der Waals surface area (Å²) < 4.78 is 5.39. The third kappa shape index (κ3) is 9.45. The lowest BCUT2D eigenvalue weighted by Crippen LogP contribution is -2.51. The van der Waals surface area contributed by atoms with Crippen molar-refractivity contribution in [2.45, 2.75) is 38.6 Å². The molecule has 0 radical (unpaired) electrons. The van der Waals surface area contributed by atoms with E-state index >= 15 is 0 Å². The van der Waals surface area contributed by atoms with Gasteiger partial charge in [0.05, 0.1) is 12.9 Å². The molecule has 0 spiro atoms. The molecule has 37 heavy (non-hydrogen) atoms. The molecule has 3 rings (SSSR count). The van der Waals surface area contributed by atoms with Crippen LogP contribution in [0.1, 0.15) is 30.5 Å². The Bertz CT molecular complexity index is 1140. The summed E-state index contributed by atoms with van der Waals surface area (Å²) in [6.07, 6.45) is 0.433. The van der Waals surface area contributed by atoms with Crippen LogP contribution in [0.2, 0.25) is 5.02 Å². The Labute approximate surface area is 229 Å². The van der Waals surface area contributed by atoms with Gasteiger partial charge in [-0.1, -0.05) is 80.0 Å². The van der Waals surface area contributed by atoms with Crippen molar-refractivity contribution < 1.29 is 14.3 Å². The Hall–Kier alpha value is -2.96. The van der Waals surface area contributed by atoms with Crippen molar-refractivity contribution in [2.75, 3.05) is 19.4 Å². The molecule has 5 nitrogen and oxygen atoms in total. The molecule has 196 valence electrons. The largest absolute Gasteiger partial charge is 0.497 e. The van der Waals surface area contributed by atoms with Gasteiger partial charge in [-0.2, -0.15) is 0 Å². The maximum Gasteiger partial charge on any atom is 0.243 e. The number of amides is 2. The van der Waals surface area contributed by atoms with Crippen molar-refractivity contribution in [1.29, 1.82) is 0 Å². The van der Waals surface area contributed by atoms with Gasteiger partial charge in [-0.3, -0.25) is 9.59 Å². The van der Waals surface area contributed by atoms with Crippen LogP contribution in [0.15, 0.2) is 78.9 Å². The number of thioether (sulfide) groups is 1. The topological polar surface area (TPSA) is 58.6 Å². The molecule has 0 aliphatic carbocycles. The summed E-state index contributed by atoms with van der Waals surface area (Å²) in [4.78, 5) is 28.9. The molecule has 3 aromatic rings. The molecule has 0 heterocycles. The second-order valence-corrected chi connectivity index (χ2v) is 10.8. The van der Waals surface area contributed by atoms with Crippen LogP contribution in [-0.4, -0.2) is 42.2 Å². The highest BCUT2D eigenvalue weighted by Crippen LogP contribution is 2.21. The van der Waals surface area contributed by atoms with Gasteiger partial charge in [0.1, 0.15) is 11.8 Å². The highest BCUT2D eigenvalue weighted by Gasteiger charge is 2.30. The number of methoxy groups -OCH3 is 1. The standard InChI is InChI=1S/C30H35ClN2O3S/c1-22(2)18-32-30(35)28(17-23-8-5-4-6-9-23)33(19-25-10-7-11-27(16-25)36-3)29(34)21-37-20-24-12-14-26(31)15-13-24/h4-16,22,28H,17-21H2,1-3H3,(H,32,35)/t28-/m1/s1. The molecule has 1 atom stereocenters. The van der Waals surface area contributed by atoms with E-state index in [9.17, 15) is 9.59 Å². The number of rotatable bonds is 13. The van der Waals surface area contributed by atoms with Gasteiger partial charge in [-0.15, -0.1) is 11.8 Å². The molecule has 0 saturated carbocycles. The van der Waals surface area contributed by atoms with Gasteiger partial charge in [-0.25, -0.2) is 0 Å². The van der Waals surface area contributed by atoms with Crippen LogP contribution < -0.4 is 10.1 Å². The maximum atomic E-state index is 13.7. The smallest absolute Gasteiger partial charge is 0.243 e. The molecule has 7 heteroatoms. The number of nitrogens with zero attached hydrogens (tertiary/aromatic N) is 1. The zero-order valence-electron chi connectivity index (χ0n) is 21.7. The highest BCUT2D eigenvalue weighted by molar-refractivity contribution is 7.99. The van der Waals surface area contributed by atoms with Gasteiger partial charge in [0.2, 0.25) is 11.8 Å². The van der Waals surface area contributed by atoms with Crippen LogP contribution in [-0.2, 0) is 28.3 Å². The molecule has 0 aliphatic rings. The summed E-state index contributed by atoms with van der Waals surface area (Å²) in [5, 5.41) is 3.74. The lowest BCUT2D eigenvalue weighted by atomic mass is 10.0. The molecule has 2 amide bonds. The number of hydrogen-bond acceptors (Lipinski definition) is 4. The summed E-state index contributed by atoms with van der Waals surface area (Å²) >= 11 is 7.53. The van der Waals surface area contributed by atoms with Gasteiger partial charge in [0.25, 0.3) is 0 Å². The average Bonchev–Trinajstić information content (AvgIpc) is 2.91. The summed E-state index contributed by atoms with van der Waals surface area (Å²) in [5.41, 5.74) is 3.01. The first-order valence-corrected chi connectivity index (χ1v) is 13.9. The molecule has 0 aliphatic heterocycles. The molecule has 0 fully saturated rings. The van der Waals surface area contributed by atoms with Crippen molar-refractivity contribution in [2.24, 2.45) is 5.92 Å². The summed E-state index contributed by atoms with van der Waals surface area (Å²) in [7, 11) is 1.62. The lowest BCUT2D eigenvalue weighted by Gasteiger charge is -2.32. The predicted molar refractivity (Wildman–Crippen MR) is 153 cm³/mol. The van der Waals surface area contributed by atoms with Crippen LogP contribution in [0, 0.1) is 5.92 Å². The van der Waals surface area contributed by atoms with Crippen molar-refractivity contribution in [3.8, 4) is 5.75 Å². The molecule has 0 aromatic heterocycles. The number of benzene rings is 3. The third-order valence-corrected chi connectivity index (χ3v) is 7.09. The molecule has 0 bridgehead atoms. The normalized spacial score (nSPS) is 11.7. The first-order chi connectivity index (χ1) is 17.9. The summed E-state index contributed by atoms with van der Waals surface area (Å²) in [6, 6.07) is 24.5. The van der Waals surface area contributed by atoms with E-state index < -0.39 is 6.04 Å². The molecule has 0 unspecified atom stereocenters. The van der Waals surface area contributed by atoms with Crippen LogP contribution >= 0.6 is 23.4 Å². The van der Waals surface area contributed by atoms with Crippen molar-refractivity contribution >= 4 is 35.2 Å². The molecular weight excluding hydrogens is 504 g/mol. The Balaban J connectivity index is 1.85. The fourth-order valence-electron chi connectivity index (χ4n) is 3.86. The van der Waals surface area contributed by atoms with Crippen LogP contribution in [0.5, 0.6) is 5.75 Å². The Morgan fingerprint density at radius 3 is 2.32 bits per heavy atom. The first-order valence-electron chi connectivity index (χ1n) is 12.4. The molecular formula is C30H35ClN2O3S. The Morgan fingerprint density at radius 2 is 1.65 bits per heavy atom. The Morgan fingerprint density at radius 1 is 0.946 bits per heavy atom. The monoisotopic (exact) mass is 538 g/mol. The van der Waals surface area contributed by atoms with E-state index in [1.54, 1.807) is 12.0 Å². The second-order valence-electron chi connectivity index (χ2n) is 9.34. The van der Waals surface area contributed by atoms with Crippen molar-refractivity contribution in [3.05, 3.63) is 101 Å². The minimum absolute atomic E-state index is 0.0811. The SMILES string of the molecule is COc1cccc(CN(C(=O)CSCc2ccc(Cl)cc2)[C@H](Cc2ccccc2)C(=O)NCC(C)C)c1. The maximum absolute atomic E-state index is 13.7.